The van der Waals surface area contributed by atoms with Crippen molar-refractivity contribution in [2.24, 2.45) is 0 Å². The second-order valence-corrected chi connectivity index (χ2v) is 9.28. The van der Waals surface area contributed by atoms with Crippen LogP contribution >= 0.6 is 0 Å². The number of carbonyl (C=O) groups excluding carboxylic acids is 1. The van der Waals surface area contributed by atoms with Crippen LogP contribution in [-0.4, -0.2) is 46.4 Å². The molecule has 9 heteroatoms. The molecule has 8 nitrogen and oxygen atoms in total. The van der Waals surface area contributed by atoms with Crippen molar-refractivity contribution in [1.29, 1.82) is 0 Å². The Balaban J connectivity index is 1.42. The third-order valence-corrected chi connectivity index (χ3v) is 7.32. The number of amides is 1. The maximum Gasteiger partial charge on any atom is 0.245 e. The minimum absolute atomic E-state index is 0.143. The monoisotopic (exact) mass is 421 g/mol. The van der Waals surface area contributed by atoms with Gasteiger partial charge in [-0.05, 0) is 55.3 Å². The van der Waals surface area contributed by atoms with Crippen LogP contribution in [0.1, 0.15) is 12.0 Å². The van der Waals surface area contributed by atoms with E-state index in [2.05, 4.69) is 20.5 Å². The van der Waals surface area contributed by atoms with E-state index in [4.69, 9.17) is 0 Å². The van der Waals surface area contributed by atoms with Gasteiger partial charge in [0.25, 0.3) is 0 Å². The number of aromatic nitrogens is 3. The van der Waals surface area contributed by atoms with Crippen LogP contribution in [0.3, 0.4) is 0 Å². The Morgan fingerprint density at radius 3 is 2.87 bits per heavy atom. The third-order valence-electron chi connectivity index (χ3n) is 5.39. The van der Waals surface area contributed by atoms with E-state index in [1.807, 2.05) is 37.3 Å². The largest absolute Gasteiger partial charge is 0.325 e. The van der Waals surface area contributed by atoms with E-state index in [0.29, 0.717) is 24.2 Å². The molecule has 3 heterocycles. The molecular formula is C21H19N5O3S. The fourth-order valence-electron chi connectivity index (χ4n) is 3.79. The molecule has 2 aromatic heterocycles. The Bertz CT molecular complexity index is 1400. The number of aryl methyl sites for hydroxylation is 1. The molecule has 5 rings (SSSR count). The third kappa shape index (κ3) is 3.03. The molecule has 0 unspecified atom stereocenters. The molecule has 2 aromatic carbocycles. The van der Waals surface area contributed by atoms with Crippen LogP contribution in [0.4, 0.5) is 5.69 Å². The van der Waals surface area contributed by atoms with Crippen LogP contribution in [0.5, 0.6) is 0 Å². The van der Waals surface area contributed by atoms with Crippen LogP contribution in [0.15, 0.2) is 59.8 Å². The lowest BCUT2D eigenvalue weighted by molar-refractivity contribution is -0.122. The lowest BCUT2D eigenvalue weighted by Crippen LogP contribution is -2.56. The second kappa shape index (κ2) is 6.89. The maximum absolute atomic E-state index is 13.3. The molecule has 2 N–H and O–H groups in total. The van der Waals surface area contributed by atoms with Gasteiger partial charge < -0.3 is 5.32 Å². The lowest BCUT2D eigenvalue weighted by Gasteiger charge is -2.38. The number of anilines is 1. The second-order valence-electron chi connectivity index (χ2n) is 7.42. The SMILES string of the molecule is Cc1cc(S(=O)(=O)N2CC[C@H]2C(=O)Nc2ccc3ncccc3c2)c2[nH]ncc2c1. The zero-order chi connectivity index (χ0) is 20.9. The fraction of sp³-hybridized carbons (Fsp3) is 0.190. The number of hydrogen-bond acceptors (Lipinski definition) is 5. The maximum atomic E-state index is 13.3. The van der Waals surface area contributed by atoms with Crippen molar-refractivity contribution in [3.63, 3.8) is 0 Å². The van der Waals surface area contributed by atoms with E-state index in [1.165, 1.54) is 4.31 Å². The summed E-state index contributed by atoms with van der Waals surface area (Å²) in [6.07, 6.45) is 3.77. The summed E-state index contributed by atoms with van der Waals surface area (Å²) >= 11 is 0. The number of nitrogens with one attached hydrogen (secondary N) is 2. The number of hydrogen-bond donors (Lipinski definition) is 2. The van der Waals surface area contributed by atoms with Gasteiger partial charge in [0.2, 0.25) is 15.9 Å². The zero-order valence-electron chi connectivity index (χ0n) is 16.2. The van der Waals surface area contributed by atoms with E-state index in [9.17, 15) is 13.2 Å². The summed E-state index contributed by atoms with van der Waals surface area (Å²) in [6, 6.07) is 11.9. The predicted molar refractivity (Wildman–Crippen MR) is 114 cm³/mol. The van der Waals surface area contributed by atoms with Gasteiger partial charge >= 0.3 is 0 Å². The quantitative estimate of drug-likeness (QED) is 0.527. The first kappa shape index (κ1) is 18.7. The van der Waals surface area contributed by atoms with E-state index < -0.39 is 16.1 Å². The molecular weight excluding hydrogens is 402 g/mol. The first-order valence-electron chi connectivity index (χ1n) is 9.55. The van der Waals surface area contributed by atoms with E-state index in [-0.39, 0.29) is 10.8 Å². The van der Waals surface area contributed by atoms with Crippen LogP contribution < -0.4 is 5.32 Å². The number of aromatic amines is 1. The lowest BCUT2D eigenvalue weighted by atomic mass is 10.1. The van der Waals surface area contributed by atoms with Gasteiger partial charge in [-0.2, -0.15) is 9.40 Å². The van der Waals surface area contributed by atoms with Gasteiger partial charge in [0.15, 0.2) is 0 Å². The first-order chi connectivity index (χ1) is 14.4. The Labute approximate surface area is 173 Å². The van der Waals surface area contributed by atoms with Crippen molar-refractivity contribution in [3.05, 3.63) is 60.4 Å². The Morgan fingerprint density at radius 1 is 1.20 bits per heavy atom. The Kier molecular flexibility index (Phi) is 4.30. The molecule has 1 fully saturated rings. The van der Waals surface area contributed by atoms with Crippen LogP contribution in [0, 0.1) is 6.92 Å². The summed E-state index contributed by atoms with van der Waals surface area (Å²) in [5, 5.41) is 11.2. The summed E-state index contributed by atoms with van der Waals surface area (Å²) in [7, 11) is -3.85. The van der Waals surface area contributed by atoms with Gasteiger partial charge in [-0.25, -0.2) is 8.42 Å². The molecule has 1 saturated heterocycles. The van der Waals surface area contributed by atoms with Gasteiger partial charge in [0.1, 0.15) is 10.9 Å². The Morgan fingerprint density at radius 2 is 2.07 bits per heavy atom. The highest BCUT2D eigenvalue weighted by atomic mass is 32.2. The summed E-state index contributed by atoms with van der Waals surface area (Å²) in [5.41, 5.74) is 2.70. The fourth-order valence-corrected chi connectivity index (χ4v) is 5.68. The number of carbonyl (C=O) groups is 1. The van der Waals surface area contributed by atoms with Crippen LogP contribution in [0.2, 0.25) is 0 Å². The molecule has 0 radical (unpaired) electrons. The topological polar surface area (TPSA) is 108 Å². The van der Waals surface area contributed by atoms with Crippen molar-refractivity contribution in [3.8, 4) is 0 Å². The zero-order valence-corrected chi connectivity index (χ0v) is 17.0. The first-order valence-corrected chi connectivity index (χ1v) is 11.0. The number of rotatable bonds is 4. The van der Waals surface area contributed by atoms with Gasteiger partial charge in [-0.15, -0.1) is 0 Å². The molecule has 0 spiro atoms. The number of benzene rings is 2. The van der Waals surface area contributed by atoms with E-state index in [1.54, 1.807) is 24.5 Å². The molecule has 30 heavy (non-hydrogen) atoms. The molecule has 4 aromatic rings. The average Bonchev–Trinajstić information content (AvgIpc) is 3.14. The molecule has 0 saturated carbocycles. The summed E-state index contributed by atoms with van der Waals surface area (Å²) < 4.78 is 27.9. The van der Waals surface area contributed by atoms with Crippen LogP contribution in [-0.2, 0) is 14.8 Å². The molecule has 1 aliphatic rings. The number of H-pyrrole nitrogens is 1. The Hall–Kier alpha value is -3.30. The van der Waals surface area contributed by atoms with Crippen molar-refractivity contribution < 1.29 is 13.2 Å². The summed E-state index contributed by atoms with van der Waals surface area (Å²) in [6.45, 7) is 2.13. The minimum atomic E-state index is -3.85. The number of nitrogens with zero attached hydrogens (tertiary/aromatic N) is 3. The molecule has 1 amide bonds. The average molecular weight is 421 g/mol. The van der Waals surface area contributed by atoms with Gasteiger partial charge in [-0.3, -0.25) is 14.9 Å². The highest BCUT2D eigenvalue weighted by Gasteiger charge is 2.43. The van der Waals surface area contributed by atoms with Gasteiger partial charge in [0.05, 0.1) is 17.2 Å². The van der Waals surface area contributed by atoms with Crippen molar-refractivity contribution in [2.45, 2.75) is 24.3 Å². The molecule has 0 bridgehead atoms. The molecule has 1 atom stereocenters. The standard InChI is InChI=1S/C21H19N5O3S/c1-13-9-15-12-23-25-20(15)19(10-13)30(28,29)26-8-6-18(26)21(27)24-16-4-5-17-14(11-16)3-2-7-22-17/h2-5,7,9-12,18H,6,8H2,1H3,(H,23,25)(H,24,27)/t18-/m0/s1. The smallest absolute Gasteiger partial charge is 0.245 e. The summed E-state index contributed by atoms with van der Waals surface area (Å²) in [5.74, 6) is -0.346. The van der Waals surface area contributed by atoms with Crippen LogP contribution in [0.25, 0.3) is 21.8 Å². The molecule has 1 aliphatic heterocycles. The summed E-state index contributed by atoms with van der Waals surface area (Å²) in [4.78, 5) is 17.3. The number of sulfonamides is 1. The highest BCUT2D eigenvalue weighted by molar-refractivity contribution is 7.89. The normalized spacial score (nSPS) is 17.2. The number of fused-ring (bicyclic) bond motifs is 2. The van der Waals surface area contributed by atoms with Crippen molar-refractivity contribution in [2.75, 3.05) is 11.9 Å². The van der Waals surface area contributed by atoms with Crippen molar-refractivity contribution >= 4 is 43.4 Å². The molecule has 0 aliphatic carbocycles. The minimum Gasteiger partial charge on any atom is -0.325 e. The van der Waals surface area contributed by atoms with E-state index >= 15 is 0 Å². The molecule has 152 valence electrons. The highest BCUT2D eigenvalue weighted by Crippen LogP contribution is 2.32. The van der Waals surface area contributed by atoms with Gasteiger partial charge in [0, 0.05) is 29.2 Å². The van der Waals surface area contributed by atoms with Gasteiger partial charge in [-0.1, -0.05) is 6.07 Å². The van der Waals surface area contributed by atoms with Crippen molar-refractivity contribution in [1.82, 2.24) is 19.5 Å². The van der Waals surface area contributed by atoms with E-state index in [0.717, 1.165) is 21.9 Å². The number of pyridine rings is 1. The predicted octanol–water partition coefficient (Wildman–Crippen LogP) is 2.82.